The van der Waals surface area contributed by atoms with E-state index in [1.54, 1.807) is 37.3 Å². The molecule has 0 aliphatic rings. The number of carbonyl (C=O) groups excluding carboxylic acids is 2. The minimum Gasteiger partial charge on any atom is -0.465 e. The third-order valence-corrected chi connectivity index (χ3v) is 3.70. The molecule has 8 nitrogen and oxygen atoms in total. The first kappa shape index (κ1) is 20.3. The number of carbonyl (C=O) groups is 2. The molecule has 0 bridgehead atoms. The van der Waals surface area contributed by atoms with Gasteiger partial charge in [0.25, 0.3) is 5.91 Å². The highest BCUT2D eigenvalue weighted by Crippen LogP contribution is 2.14. The Balaban J connectivity index is 2.06. The summed E-state index contributed by atoms with van der Waals surface area (Å²) in [6.07, 6.45) is 0.956. The van der Waals surface area contributed by atoms with E-state index in [0.29, 0.717) is 22.9 Å². The average Bonchev–Trinajstić information content (AvgIpc) is 2.64. The molecule has 1 aromatic carbocycles. The fourth-order valence-corrected chi connectivity index (χ4v) is 2.42. The Morgan fingerprint density at radius 2 is 1.96 bits per heavy atom. The number of anilines is 2. The third kappa shape index (κ3) is 6.34. The van der Waals surface area contributed by atoms with Gasteiger partial charge < -0.3 is 20.3 Å². The summed E-state index contributed by atoms with van der Waals surface area (Å²) in [5.41, 5.74) is 1.10. The van der Waals surface area contributed by atoms with E-state index < -0.39 is 5.97 Å². The van der Waals surface area contributed by atoms with Crippen LogP contribution in [0.1, 0.15) is 33.1 Å². The number of ether oxygens (including phenoxy) is 1. The molecule has 1 heterocycles. The van der Waals surface area contributed by atoms with Crippen LogP contribution in [0.15, 0.2) is 30.3 Å². The summed E-state index contributed by atoms with van der Waals surface area (Å²) in [5.74, 6) is 0.267. The third-order valence-electron chi connectivity index (χ3n) is 3.70. The van der Waals surface area contributed by atoms with Crippen LogP contribution in [0, 0.1) is 6.92 Å². The van der Waals surface area contributed by atoms with Gasteiger partial charge in [-0.25, -0.2) is 14.8 Å². The van der Waals surface area contributed by atoms with Gasteiger partial charge in [0, 0.05) is 18.3 Å². The summed E-state index contributed by atoms with van der Waals surface area (Å²) >= 11 is 0. The number of nitrogens with zero attached hydrogens (tertiary/aromatic N) is 3. The molecule has 0 saturated heterocycles. The monoisotopic (exact) mass is 371 g/mol. The number of esters is 1. The molecule has 1 aromatic heterocycles. The van der Waals surface area contributed by atoms with Gasteiger partial charge >= 0.3 is 5.97 Å². The van der Waals surface area contributed by atoms with Crippen molar-refractivity contribution in [3.05, 3.63) is 47.4 Å². The smallest absolute Gasteiger partial charge is 0.337 e. The van der Waals surface area contributed by atoms with Gasteiger partial charge in [-0.05, 0) is 52.2 Å². The Kier molecular flexibility index (Phi) is 7.25. The highest BCUT2D eigenvalue weighted by molar-refractivity contribution is 6.04. The second kappa shape index (κ2) is 9.63. The number of aryl methyl sites for hydroxylation is 1. The van der Waals surface area contributed by atoms with E-state index in [4.69, 9.17) is 4.74 Å². The van der Waals surface area contributed by atoms with Crippen molar-refractivity contribution in [2.45, 2.75) is 13.3 Å². The summed E-state index contributed by atoms with van der Waals surface area (Å²) < 4.78 is 4.69. The first-order valence-electron chi connectivity index (χ1n) is 8.63. The number of hydrogen-bond donors (Lipinski definition) is 2. The van der Waals surface area contributed by atoms with Crippen molar-refractivity contribution in [2.75, 3.05) is 44.9 Å². The first-order valence-corrected chi connectivity index (χ1v) is 8.63. The summed E-state index contributed by atoms with van der Waals surface area (Å²) in [5, 5.41) is 5.96. The summed E-state index contributed by atoms with van der Waals surface area (Å²) in [4.78, 5) is 34.8. The quantitative estimate of drug-likeness (QED) is 0.542. The molecule has 0 atom stereocenters. The zero-order chi connectivity index (χ0) is 19.8. The van der Waals surface area contributed by atoms with Crippen LogP contribution in [0.4, 0.5) is 11.5 Å². The number of hydrogen-bond acceptors (Lipinski definition) is 7. The highest BCUT2D eigenvalue weighted by Gasteiger charge is 2.12. The molecule has 0 aliphatic heterocycles. The van der Waals surface area contributed by atoms with Crippen molar-refractivity contribution >= 4 is 23.4 Å². The van der Waals surface area contributed by atoms with Crippen LogP contribution in [0.5, 0.6) is 0 Å². The Bertz CT molecular complexity index is 808. The van der Waals surface area contributed by atoms with Gasteiger partial charge in [-0.1, -0.05) is 6.07 Å². The van der Waals surface area contributed by atoms with Gasteiger partial charge in [-0.15, -0.1) is 0 Å². The van der Waals surface area contributed by atoms with E-state index in [-0.39, 0.29) is 11.6 Å². The molecule has 27 heavy (non-hydrogen) atoms. The Hall–Kier alpha value is -3.00. The van der Waals surface area contributed by atoms with Gasteiger partial charge in [0.1, 0.15) is 17.3 Å². The maximum atomic E-state index is 12.5. The Morgan fingerprint density at radius 3 is 2.67 bits per heavy atom. The van der Waals surface area contributed by atoms with Crippen LogP contribution in [0.25, 0.3) is 0 Å². The second-order valence-electron chi connectivity index (χ2n) is 6.30. The maximum absolute atomic E-state index is 12.5. The Morgan fingerprint density at radius 1 is 1.19 bits per heavy atom. The minimum absolute atomic E-state index is 0.251. The number of benzene rings is 1. The van der Waals surface area contributed by atoms with Crippen molar-refractivity contribution in [2.24, 2.45) is 0 Å². The number of methoxy groups -OCH3 is 1. The van der Waals surface area contributed by atoms with Crippen LogP contribution in [-0.2, 0) is 4.74 Å². The Labute approximate surface area is 159 Å². The summed E-state index contributed by atoms with van der Waals surface area (Å²) in [7, 11) is 5.35. The number of aromatic nitrogens is 2. The molecule has 8 heteroatoms. The van der Waals surface area contributed by atoms with E-state index in [1.165, 1.54) is 7.11 Å². The molecule has 0 spiro atoms. The lowest BCUT2D eigenvalue weighted by Crippen LogP contribution is -2.18. The minimum atomic E-state index is -0.465. The maximum Gasteiger partial charge on any atom is 0.337 e. The number of nitrogens with one attached hydrogen (secondary N) is 2. The lowest BCUT2D eigenvalue weighted by atomic mass is 10.2. The van der Waals surface area contributed by atoms with E-state index in [1.807, 2.05) is 14.1 Å². The van der Waals surface area contributed by atoms with Gasteiger partial charge in [-0.2, -0.15) is 0 Å². The van der Waals surface area contributed by atoms with Gasteiger partial charge in [0.2, 0.25) is 0 Å². The average molecular weight is 371 g/mol. The predicted molar refractivity (Wildman–Crippen MR) is 104 cm³/mol. The second-order valence-corrected chi connectivity index (χ2v) is 6.30. The molecule has 0 saturated carbocycles. The lowest BCUT2D eigenvalue weighted by molar-refractivity contribution is 0.0600. The largest absolute Gasteiger partial charge is 0.465 e. The molecule has 0 unspecified atom stereocenters. The van der Waals surface area contributed by atoms with Gasteiger partial charge in [0.05, 0.1) is 12.7 Å². The number of amides is 1. The zero-order valence-corrected chi connectivity index (χ0v) is 16.1. The van der Waals surface area contributed by atoms with Crippen LogP contribution in [0.2, 0.25) is 0 Å². The number of rotatable bonds is 8. The molecular weight excluding hydrogens is 346 g/mol. The topological polar surface area (TPSA) is 96.4 Å². The molecule has 1 amide bonds. The molecular formula is C19H25N5O3. The molecule has 144 valence electrons. The first-order chi connectivity index (χ1) is 12.9. The predicted octanol–water partition coefficient (Wildman–Crippen LogP) is 2.19. The van der Waals surface area contributed by atoms with Crippen molar-refractivity contribution < 1.29 is 14.3 Å². The van der Waals surface area contributed by atoms with E-state index in [2.05, 4.69) is 25.5 Å². The normalized spacial score (nSPS) is 10.6. The lowest BCUT2D eigenvalue weighted by Gasteiger charge is -2.11. The highest BCUT2D eigenvalue weighted by atomic mass is 16.5. The fourth-order valence-electron chi connectivity index (χ4n) is 2.42. The molecule has 0 aliphatic carbocycles. The van der Waals surface area contributed by atoms with E-state index >= 15 is 0 Å². The molecule has 2 rings (SSSR count). The van der Waals surface area contributed by atoms with E-state index in [0.717, 1.165) is 19.5 Å². The van der Waals surface area contributed by atoms with Crippen LogP contribution >= 0.6 is 0 Å². The summed E-state index contributed by atoms with van der Waals surface area (Å²) in [6.45, 7) is 3.44. The van der Waals surface area contributed by atoms with Crippen molar-refractivity contribution in [3.63, 3.8) is 0 Å². The van der Waals surface area contributed by atoms with Gasteiger partial charge in [-0.3, -0.25) is 4.79 Å². The molecule has 2 aromatic rings. The van der Waals surface area contributed by atoms with Gasteiger partial charge in [0.15, 0.2) is 0 Å². The standard InChI is InChI=1S/C19H25N5O3/c1-13-21-16(12-17(22-13)20-9-6-10-24(2)3)18(25)23-15-8-5-7-14(11-15)19(26)27-4/h5,7-8,11-12H,6,9-10H2,1-4H3,(H,23,25)(H,20,21,22). The fraction of sp³-hybridized carbons (Fsp3) is 0.368. The van der Waals surface area contributed by atoms with Crippen molar-refractivity contribution in [3.8, 4) is 0 Å². The van der Waals surface area contributed by atoms with Crippen molar-refractivity contribution in [1.29, 1.82) is 0 Å². The van der Waals surface area contributed by atoms with E-state index in [9.17, 15) is 9.59 Å². The van der Waals surface area contributed by atoms with Crippen LogP contribution in [0.3, 0.4) is 0 Å². The zero-order valence-electron chi connectivity index (χ0n) is 16.1. The molecule has 2 N–H and O–H groups in total. The van der Waals surface area contributed by atoms with Crippen molar-refractivity contribution in [1.82, 2.24) is 14.9 Å². The summed E-state index contributed by atoms with van der Waals surface area (Å²) in [6, 6.07) is 8.15. The molecule has 0 fully saturated rings. The SMILES string of the molecule is COC(=O)c1cccc(NC(=O)c2cc(NCCCN(C)C)nc(C)n2)c1. The van der Waals surface area contributed by atoms with Crippen LogP contribution in [-0.4, -0.2) is 61.0 Å². The van der Waals surface area contributed by atoms with Crippen LogP contribution < -0.4 is 10.6 Å². The molecule has 0 radical (unpaired) electrons.